The Labute approximate surface area is 152 Å². The molecule has 6 heteroatoms. The van der Waals surface area contributed by atoms with E-state index in [9.17, 15) is 14.9 Å². The average molecular weight is 354 g/mol. The van der Waals surface area contributed by atoms with Crippen molar-refractivity contribution in [1.82, 2.24) is 5.32 Å². The van der Waals surface area contributed by atoms with Crippen molar-refractivity contribution in [3.8, 4) is 5.75 Å². The van der Waals surface area contributed by atoms with Crippen LogP contribution >= 0.6 is 0 Å². The third-order valence-corrected chi connectivity index (χ3v) is 4.50. The maximum absolute atomic E-state index is 12.6. The maximum atomic E-state index is 12.6. The van der Waals surface area contributed by atoms with Gasteiger partial charge in [-0.25, -0.2) is 0 Å². The summed E-state index contributed by atoms with van der Waals surface area (Å²) < 4.78 is 6.01. The molecule has 0 aromatic heterocycles. The molecule has 1 atom stereocenters. The van der Waals surface area contributed by atoms with Gasteiger partial charge in [-0.3, -0.25) is 14.9 Å². The molecule has 0 aliphatic carbocycles. The van der Waals surface area contributed by atoms with Crippen LogP contribution < -0.4 is 10.1 Å². The first kappa shape index (κ1) is 17.9. The number of fused-ring (bicyclic) bond motifs is 1. The fourth-order valence-corrected chi connectivity index (χ4v) is 3.36. The summed E-state index contributed by atoms with van der Waals surface area (Å²) in [6.07, 6.45) is 0.599. The molecule has 0 spiro atoms. The van der Waals surface area contributed by atoms with Crippen molar-refractivity contribution in [2.75, 3.05) is 0 Å². The van der Waals surface area contributed by atoms with Crippen molar-refractivity contribution < 1.29 is 14.5 Å². The van der Waals surface area contributed by atoms with Crippen molar-refractivity contribution in [3.63, 3.8) is 0 Å². The number of rotatable bonds is 4. The van der Waals surface area contributed by atoms with Crippen LogP contribution in [0.1, 0.15) is 43.0 Å². The maximum Gasteiger partial charge on any atom is 0.273 e. The van der Waals surface area contributed by atoms with Crippen LogP contribution in [0.4, 0.5) is 5.69 Å². The molecule has 0 bridgehead atoms. The molecule has 0 saturated heterocycles. The Morgan fingerprint density at radius 2 is 2.04 bits per heavy atom. The first-order valence-electron chi connectivity index (χ1n) is 8.56. The van der Waals surface area contributed by atoms with E-state index in [-0.39, 0.29) is 24.1 Å². The van der Waals surface area contributed by atoms with Gasteiger partial charge in [0.15, 0.2) is 0 Å². The van der Waals surface area contributed by atoms with Gasteiger partial charge in [0, 0.05) is 23.6 Å². The fraction of sp³-hybridized carbons (Fsp3) is 0.350. The quantitative estimate of drug-likeness (QED) is 0.667. The van der Waals surface area contributed by atoms with E-state index < -0.39 is 10.5 Å². The predicted octanol–water partition coefficient (Wildman–Crippen LogP) is 3.86. The van der Waals surface area contributed by atoms with Crippen LogP contribution in [0.3, 0.4) is 0 Å². The molecule has 1 aliphatic heterocycles. The fourth-order valence-electron chi connectivity index (χ4n) is 3.36. The summed E-state index contributed by atoms with van der Waals surface area (Å²) in [6, 6.07) is 12.1. The summed E-state index contributed by atoms with van der Waals surface area (Å²) in [5, 5.41) is 14.2. The number of carbonyl (C=O) groups excluding carboxylic acids is 1. The van der Waals surface area contributed by atoms with Crippen molar-refractivity contribution in [1.29, 1.82) is 0 Å². The summed E-state index contributed by atoms with van der Waals surface area (Å²) in [6.45, 7) is 5.96. The molecule has 2 aromatic carbocycles. The van der Waals surface area contributed by atoms with Crippen LogP contribution in [0.2, 0.25) is 0 Å². The molecular weight excluding hydrogens is 332 g/mol. The summed E-state index contributed by atoms with van der Waals surface area (Å²) in [5.74, 6) is 0.525. The average Bonchev–Trinajstić information content (AvgIpc) is 2.55. The van der Waals surface area contributed by atoms with Gasteiger partial charge in [0.25, 0.3) is 5.69 Å². The SMILES string of the molecule is Cc1ccc2c(c1)C(NC(=O)Cc1ccccc1[N+](=O)[O-])CC(C)(C)O2. The normalized spacial score (nSPS) is 17.7. The molecule has 136 valence electrons. The molecular formula is C20H22N2O4. The Morgan fingerprint density at radius 3 is 2.77 bits per heavy atom. The number of nitrogens with one attached hydrogen (secondary N) is 1. The minimum Gasteiger partial charge on any atom is -0.487 e. The molecule has 2 aromatic rings. The highest BCUT2D eigenvalue weighted by Crippen LogP contribution is 2.39. The van der Waals surface area contributed by atoms with Gasteiger partial charge >= 0.3 is 0 Å². The Hall–Kier alpha value is -2.89. The molecule has 3 rings (SSSR count). The first-order valence-corrected chi connectivity index (χ1v) is 8.56. The monoisotopic (exact) mass is 354 g/mol. The number of hydrogen-bond donors (Lipinski definition) is 1. The lowest BCUT2D eigenvalue weighted by molar-refractivity contribution is -0.385. The van der Waals surface area contributed by atoms with E-state index in [2.05, 4.69) is 5.32 Å². The van der Waals surface area contributed by atoms with Crippen molar-refractivity contribution in [3.05, 3.63) is 69.3 Å². The standard InChI is InChI=1S/C20H22N2O4/c1-13-8-9-18-15(10-13)16(12-20(2,3)26-18)21-19(23)11-14-6-4-5-7-17(14)22(24)25/h4-10,16H,11-12H2,1-3H3,(H,21,23). The number of hydrogen-bond acceptors (Lipinski definition) is 4. The van der Waals surface area contributed by atoms with Gasteiger partial charge in [0.05, 0.1) is 17.4 Å². The zero-order valence-electron chi connectivity index (χ0n) is 15.1. The molecule has 26 heavy (non-hydrogen) atoms. The first-order chi connectivity index (χ1) is 12.2. The van der Waals surface area contributed by atoms with E-state index >= 15 is 0 Å². The number of nitrogens with zero attached hydrogens (tertiary/aromatic N) is 1. The van der Waals surface area contributed by atoms with Crippen LogP contribution in [0.25, 0.3) is 0 Å². The second-order valence-corrected chi connectivity index (χ2v) is 7.29. The van der Waals surface area contributed by atoms with E-state index in [0.29, 0.717) is 12.0 Å². The molecule has 1 aliphatic rings. The van der Waals surface area contributed by atoms with Crippen LogP contribution in [0.15, 0.2) is 42.5 Å². The van der Waals surface area contributed by atoms with Crippen LogP contribution in [0.5, 0.6) is 5.75 Å². The van der Waals surface area contributed by atoms with Crippen LogP contribution in [0, 0.1) is 17.0 Å². The number of ether oxygens (including phenoxy) is 1. The number of nitro groups is 1. The molecule has 1 N–H and O–H groups in total. The zero-order chi connectivity index (χ0) is 18.9. The lowest BCUT2D eigenvalue weighted by Gasteiger charge is -2.38. The topological polar surface area (TPSA) is 81.5 Å². The highest BCUT2D eigenvalue weighted by molar-refractivity contribution is 5.80. The van der Waals surface area contributed by atoms with E-state index in [1.165, 1.54) is 6.07 Å². The van der Waals surface area contributed by atoms with Crippen LogP contribution in [-0.4, -0.2) is 16.4 Å². The van der Waals surface area contributed by atoms with Gasteiger partial charge in [0.1, 0.15) is 11.4 Å². The Bertz CT molecular complexity index is 861. The summed E-state index contributed by atoms with van der Waals surface area (Å²) in [5.41, 5.74) is 2.00. The summed E-state index contributed by atoms with van der Waals surface area (Å²) >= 11 is 0. The molecule has 0 saturated carbocycles. The van der Waals surface area contributed by atoms with Crippen molar-refractivity contribution >= 4 is 11.6 Å². The van der Waals surface area contributed by atoms with E-state index in [1.807, 2.05) is 39.0 Å². The number of para-hydroxylation sites is 1. The third kappa shape index (κ3) is 3.85. The van der Waals surface area contributed by atoms with Crippen LogP contribution in [-0.2, 0) is 11.2 Å². The van der Waals surface area contributed by atoms with E-state index in [1.54, 1.807) is 18.2 Å². The molecule has 0 fully saturated rings. The van der Waals surface area contributed by atoms with Gasteiger partial charge in [-0.05, 0) is 26.8 Å². The summed E-state index contributed by atoms with van der Waals surface area (Å²) in [7, 11) is 0. The predicted molar refractivity (Wildman–Crippen MR) is 98.2 cm³/mol. The largest absolute Gasteiger partial charge is 0.487 e. The second-order valence-electron chi connectivity index (χ2n) is 7.29. The minimum atomic E-state index is -0.459. The number of nitro benzene ring substituents is 1. The van der Waals surface area contributed by atoms with Crippen molar-refractivity contribution in [2.24, 2.45) is 0 Å². The smallest absolute Gasteiger partial charge is 0.273 e. The van der Waals surface area contributed by atoms with E-state index in [4.69, 9.17) is 4.74 Å². The van der Waals surface area contributed by atoms with Gasteiger partial charge in [0.2, 0.25) is 5.91 Å². The van der Waals surface area contributed by atoms with Gasteiger partial charge in [-0.1, -0.05) is 35.9 Å². The number of amides is 1. The number of aryl methyl sites for hydroxylation is 1. The lowest BCUT2D eigenvalue weighted by atomic mass is 9.88. The molecule has 0 radical (unpaired) electrons. The highest BCUT2D eigenvalue weighted by Gasteiger charge is 2.34. The van der Waals surface area contributed by atoms with Gasteiger partial charge < -0.3 is 10.1 Å². The zero-order valence-corrected chi connectivity index (χ0v) is 15.1. The van der Waals surface area contributed by atoms with Gasteiger partial charge in [-0.15, -0.1) is 0 Å². The molecule has 1 heterocycles. The van der Waals surface area contributed by atoms with Crippen molar-refractivity contribution in [2.45, 2.75) is 45.3 Å². The summed E-state index contributed by atoms with van der Waals surface area (Å²) in [4.78, 5) is 23.3. The lowest BCUT2D eigenvalue weighted by Crippen LogP contribution is -2.41. The van der Waals surface area contributed by atoms with Gasteiger partial charge in [-0.2, -0.15) is 0 Å². The molecule has 6 nitrogen and oxygen atoms in total. The Balaban J connectivity index is 1.82. The van der Waals surface area contributed by atoms with E-state index in [0.717, 1.165) is 16.9 Å². The number of benzene rings is 2. The second kappa shape index (κ2) is 6.78. The highest BCUT2D eigenvalue weighted by atomic mass is 16.6. The molecule has 1 amide bonds. The Morgan fingerprint density at radius 1 is 1.31 bits per heavy atom. The minimum absolute atomic E-state index is 0.0317. The third-order valence-electron chi connectivity index (χ3n) is 4.50. The Kier molecular flexibility index (Phi) is 4.68. The number of carbonyl (C=O) groups is 1. The molecule has 1 unspecified atom stereocenters.